The molecule has 0 saturated carbocycles. The molecule has 0 atom stereocenters. The van der Waals surface area contributed by atoms with Gasteiger partial charge in [0.25, 0.3) is 0 Å². The van der Waals surface area contributed by atoms with E-state index in [2.05, 4.69) is 10.3 Å². The zero-order valence-corrected chi connectivity index (χ0v) is 15.0. The van der Waals surface area contributed by atoms with Crippen LogP contribution in [-0.4, -0.2) is 21.3 Å². The van der Waals surface area contributed by atoms with E-state index < -0.39 is 0 Å². The van der Waals surface area contributed by atoms with Gasteiger partial charge in [-0.3, -0.25) is 11.0 Å². The summed E-state index contributed by atoms with van der Waals surface area (Å²) in [6.45, 7) is 6.81. The Morgan fingerprint density at radius 1 is 1.29 bits per heavy atom. The van der Waals surface area contributed by atoms with Gasteiger partial charge in [0.15, 0.2) is 0 Å². The minimum absolute atomic E-state index is 0. The summed E-state index contributed by atoms with van der Waals surface area (Å²) in [5, 5.41) is 7.81. The van der Waals surface area contributed by atoms with Crippen LogP contribution in [-0.2, 0) is 11.3 Å². The van der Waals surface area contributed by atoms with E-state index in [1.807, 2.05) is 37.9 Å². The van der Waals surface area contributed by atoms with Crippen LogP contribution in [0, 0.1) is 14.4 Å². The Morgan fingerprint density at radius 2 is 1.94 bits per heavy atom. The monoisotopic (exact) mass is 264 g/mol. The first-order chi connectivity index (χ1) is 7.33. The molecule has 0 aliphatic heterocycles. The van der Waals surface area contributed by atoms with Crippen molar-refractivity contribution < 1.29 is 56.2 Å². The molecule has 17 heavy (non-hydrogen) atoms. The summed E-state index contributed by atoms with van der Waals surface area (Å²) in [5.41, 5.74) is 0.946. The van der Waals surface area contributed by atoms with Crippen molar-refractivity contribution in [2.75, 3.05) is 0 Å². The summed E-state index contributed by atoms with van der Waals surface area (Å²) >= 11 is 0. The first-order valence-electron chi connectivity index (χ1n) is 5.54. The van der Waals surface area contributed by atoms with Crippen LogP contribution in [0.4, 0.5) is 0 Å². The fraction of sp³-hybridized carbons (Fsp3) is 0.667. The molecule has 0 N–H and O–H groups in total. The molecule has 0 unspecified atom stereocenters. The van der Waals surface area contributed by atoms with Gasteiger partial charge in [0.1, 0.15) is 0 Å². The Balaban J connectivity index is -0.000000464. The van der Waals surface area contributed by atoms with E-state index >= 15 is 0 Å². The van der Waals surface area contributed by atoms with Gasteiger partial charge >= 0.3 is 51.4 Å². The molecule has 1 heterocycles. The maximum atomic E-state index is 9.89. The molecule has 0 radical (unpaired) electrons. The van der Waals surface area contributed by atoms with E-state index in [-0.39, 0.29) is 58.8 Å². The maximum Gasteiger partial charge on any atom is 1.00 e. The molecule has 0 aromatic carbocycles. The third-order valence-corrected chi connectivity index (χ3v) is 1.82. The first-order valence-corrected chi connectivity index (χ1v) is 5.54. The number of hydrogen-bond acceptors (Lipinski definition) is 3. The molecule has 5 heteroatoms. The van der Waals surface area contributed by atoms with Crippen LogP contribution < -0.4 is 51.4 Å². The topological polar surface area (TPSA) is 47.8 Å². The van der Waals surface area contributed by atoms with Crippen LogP contribution in [0.25, 0.3) is 0 Å². The summed E-state index contributed by atoms with van der Waals surface area (Å²) in [6, 6.07) is 0. The Labute approximate surface area is 148 Å². The van der Waals surface area contributed by atoms with E-state index in [0.29, 0.717) is 6.42 Å². The Hall–Kier alpha value is 0.446. The van der Waals surface area contributed by atoms with E-state index in [9.17, 15) is 4.79 Å². The number of aryl methyl sites for hydroxylation is 2. The molecule has 94 valence electrons. The Kier molecular flexibility index (Phi) is 21.9. The van der Waals surface area contributed by atoms with Gasteiger partial charge in [0.05, 0.1) is 5.69 Å². The van der Waals surface area contributed by atoms with Crippen LogP contribution in [0.3, 0.4) is 0 Å². The smallest absolute Gasteiger partial charge is 0.542 e. The van der Waals surface area contributed by atoms with E-state index in [1.54, 1.807) is 0 Å². The van der Waals surface area contributed by atoms with Gasteiger partial charge in [-0.25, -0.2) is 0 Å². The Morgan fingerprint density at radius 3 is 2.41 bits per heavy atom. The van der Waals surface area contributed by atoms with E-state index in [0.717, 1.165) is 31.5 Å². The van der Waals surface area contributed by atoms with Crippen molar-refractivity contribution in [2.45, 2.75) is 53.0 Å². The van der Waals surface area contributed by atoms with E-state index in [1.165, 1.54) is 0 Å². The number of hydrogen-bond donors (Lipinski definition) is 0. The summed E-state index contributed by atoms with van der Waals surface area (Å²) in [6.07, 6.45) is 7.38. The summed E-state index contributed by atoms with van der Waals surface area (Å²) in [7, 11) is 0. The van der Waals surface area contributed by atoms with Gasteiger partial charge in [-0.05, 0) is 13.3 Å². The molecule has 0 saturated heterocycles. The number of carbonyl (C=O) groups excluding carboxylic acids is 1. The van der Waals surface area contributed by atoms with Crippen LogP contribution in [0.2, 0.25) is 0 Å². The van der Waals surface area contributed by atoms with Crippen LogP contribution >= 0.6 is 0 Å². The number of nitrogens with zero attached hydrogens (tertiary/aromatic N) is 3. The van der Waals surface area contributed by atoms with E-state index in [4.69, 9.17) is 0 Å². The van der Waals surface area contributed by atoms with Crippen molar-refractivity contribution in [3.63, 3.8) is 0 Å². The second kappa shape index (κ2) is 16.4. The zero-order valence-electron chi connectivity index (χ0n) is 11.9. The average Bonchev–Trinajstić information content (AvgIpc) is 2.67. The predicted molar refractivity (Wildman–Crippen MR) is 66.7 cm³/mol. The molecular formula is C12H23KN3O-. The van der Waals surface area contributed by atoms with Crippen molar-refractivity contribution in [3.05, 3.63) is 19.3 Å². The normalized spacial score (nSPS) is 8.18. The van der Waals surface area contributed by atoms with Crippen LogP contribution in [0.15, 0.2) is 6.20 Å². The summed E-state index contributed by atoms with van der Waals surface area (Å²) in [4.78, 5) is 9.89. The molecule has 1 aromatic heterocycles. The zero-order chi connectivity index (χ0) is 11.5. The van der Waals surface area contributed by atoms with Crippen molar-refractivity contribution in [1.29, 1.82) is 0 Å². The van der Waals surface area contributed by atoms with Crippen LogP contribution in [0.5, 0.6) is 0 Å². The molecule has 0 aliphatic rings. The number of rotatable bonds is 6. The molecule has 0 amide bonds. The quantitative estimate of drug-likeness (QED) is 0.404. The molecule has 0 fully saturated rings. The third-order valence-electron chi connectivity index (χ3n) is 1.82. The largest absolute Gasteiger partial charge is 1.00 e. The molecule has 0 aliphatic carbocycles. The first kappa shape index (κ1) is 22.6. The molecule has 4 nitrogen and oxygen atoms in total. The molecule has 0 bridgehead atoms. The van der Waals surface area contributed by atoms with Gasteiger partial charge < -0.3 is 12.2 Å². The summed E-state index contributed by atoms with van der Waals surface area (Å²) < 4.78 is 1.83. The second-order valence-electron chi connectivity index (χ2n) is 3.08. The second-order valence-corrected chi connectivity index (χ2v) is 3.08. The third kappa shape index (κ3) is 12.7. The van der Waals surface area contributed by atoms with Gasteiger partial charge in [-0.2, -0.15) is 6.42 Å². The van der Waals surface area contributed by atoms with Gasteiger partial charge in [0.2, 0.25) is 0 Å². The van der Waals surface area contributed by atoms with Gasteiger partial charge in [-0.15, -0.1) is 5.10 Å². The van der Waals surface area contributed by atoms with Crippen LogP contribution in [0.1, 0.15) is 45.2 Å². The van der Waals surface area contributed by atoms with Gasteiger partial charge in [-0.1, -0.05) is 31.9 Å². The van der Waals surface area contributed by atoms with Crippen molar-refractivity contribution in [3.8, 4) is 0 Å². The minimum atomic E-state index is 0. The van der Waals surface area contributed by atoms with Crippen molar-refractivity contribution >= 4 is 6.29 Å². The SMILES string of the molecule is CC.Cc1cn(CCCCC[C-]=O)nn1.[CH3-].[K+]. The summed E-state index contributed by atoms with van der Waals surface area (Å²) in [5.74, 6) is 0. The Bertz CT molecular complexity index is 264. The molecule has 1 aromatic rings. The van der Waals surface area contributed by atoms with Crippen molar-refractivity contribution in [1.82, 2.24) is 15.0 Å². The molecule has 0 spiro atoms. The maximum absolute atomic E-state index is 9.89. The molecule has 1 rings (SSSR count). The molecular weight excluding hydrogens is 241 g/mol. The number of aromatic nitrogens is 3. The van der Waals surface area contributed by atoms with Crippen molar-refractivity contribution in [2.24, 2.45) is 0 Å². The minimum Gasteiger partial charge on any atom is -0.542 e. The standard InChI is InChI=1S/C9H14N3O.C2H6.CH3.K/c1-9-8-12(11-10-9)6-4-2-3-5-7-13;1-2;;/h8H,2-6H2,1H3;1-2H3;1H3;/q-1;;-1;+1. The predicted octanol–water partition coefficient (Wildman–Crippen LogP) is -0.263. The fourth-order valence-electron chi connectivity index (χ4n) is 1.15. The van der Waals surface area contributed by atoms with Gasteiger partial charge in [0, 0.05) is 12.7 Å². The average molecular weight is 264 g/mol. The fourth-order valence-corrected chi connectivity index (χ4v) is 1.15. The number of unbranched alkanes of at least 4 members (excludes halogenated alkanes) is 3.